The van der Waals surface area contributed by atoms with Crippen LogP contribution in [0.1, 0.15) is 35.3 Å². The second-order valence-electron chi connectivity index (χ2n) is 6.61. The third-order valence-electron chi connectivity index (χ3n) is 4.81. The Morgan fingerprint density at radius 2 is 2.00 bits per heavy atom. The van der Waals surface area contributed by atoms with Gasteiger partial charge in [0.05, 0.1) is 22.6 Å². The Morgan fingerprint density at radius 3 is 2.75 bits per heavy atom. The van der Waals surface area contributed by atoms with Crippen LogP contribution in [0, 0.1) is 0 Å². The summed E-state index contributed by atoms with van der Waals surface area (Å²) >= 11 is 3.17. The van der Waals surface area contributed by atoms with Crippen LogP contribution in [-0.2, 0) is 4.79 Å². The highest BCUT2D eigenvalue weighted by Gasteiger charge is 2.32. The molecule has 150 valence electrons. The molecule has 2 aliphatic rings. The van der Waals surface area contributed by atoms with Crippen molar-refractivity contribution < 1.29 is 18.3 Å². The number of ether oxygens (including phenoxy) is 1. The van der Waals surface area contributed by atoms with E-state index in [1.54, 1.807) is 16.8 Å². The molecule has 1 aromatic heterocycles. The smallest absolute Gasteiger partial charge is 0.387 e. The van der Waals surface area contributed by atoms with Gasteiger partial charge in [-0.3, -0.25) is 19.4 Å². The summed E-state index contributed by atoms with van der Waals surface area (Å²) in [5.41, 5.74) is 0.819. The third kappa shape index (κ3) is 3.93. The molecule has 2 aromatic rings. The maximum Gasteiger partial charge on any atom is 0.387 e. The van der Waals surface area contributed by atoms with E-state index in [0.29, 0.717) is 16.9 Å². The van der Waals surface area contributed by atoms with Crippen molar-refractivity contribution in [3.8, 4) is 5.75 Å². The van der Waals surface area contributed by atoms with Crippen molar-refractivity contribution in [1.82, 2.24) is 9.78 Å². The van der Waals surface area contributed by atoms with E-state index in [9.17, 15) is 18.4 Å². The Balaban J connectivity index is 1.76. The molecule has 2 N–H and O–H groups in total. The van der Waals surface area contributed by atoms with Gasteiger partial charge in [0.15, 0.2) is 0 Å². The van der Waals surface area contributed by atoms with Gasteiger partial charge in [-0.1, -0.05) is 12.1 Å². The fourth-order valence-electron chi connectivity index (χ4n) is 3.58. The first-order valence-corrected chi connectivity index (χ1v) is 11.1. The van der Waals surface area contributed by atoms with Gasteiger partial charge in [0.2, 0.25) is 5.91 Å². The Hall–Kier alpha value is -1.94. The normalized spacial score (nSPS) is 20.5. The minimum absolute atomic E-state index is 0.0262. The highest BCUT2D eigenvalue weighted by molar-refractivity contribution is 8.00. The molecule has 1 aromatic carbocycles. The molecule has 1 amide bonds. The van der Waals surface area contributed by atoms with Crippen LogP contribution in [0.2, 0.25) is 0 Å². The lowest BCUT2D eigenvalue weighted by molar-refractivity contribution is -0.113. The molecule has 1 fully saturated rings. The number of H-pyrrole nitrogens is 1. The zero-order chi connectivity index (χ0) is 19.7. The van der Waals surface area contributed by atoms with Gasteiger partial charge in [-0.05, 0) is 42.0 Å². The molecule has 10 heteroatoms. The van der Waals surface area contributed by atoms with Crippen molar-refractivity contribution >= 4 is 35.2 Å². The van der Waals surface area contributed by atoms with E-state index < -0.39 is 11.9 Å². The molecule has 3 heterocycles. The van der Waals surface area contributed by atoms with Gasteiger partial charge in [-0.25, -0.2) is 0 Å². The van der Waals surface area contributed by atoms with Crippen LogP contribution in [0.15, 0.2) is 29.1 Å². The highest BCUT2D eigenvalue weighted by atomic mass is 32.2. The number of alkyl halides is 2. The standard InChI is InChI=1S/C18H19F2N3O3S2/c19-18(20)26-12-3-1-2-10(8-12)15-14-16(21-13(24)9-28-15)23(22-17(14)25)11-4-6-27-7-5-11/h1-3,8,11,15,18H,4-7,9H2,(H,21,24)(H,22,25)/t15-/m0/s1. The predicted octanol–water partition coefficient (Wildman–Crippen LogP) is 3.62. The first kappa shape index (κ1) is 19.4. The Kier molecular flexibility index (Phi) is 5.68. The lowest BCUT2D eigenvalue weighted by atomic mass is 10.1. The molecule has 28 heavy (non-hydrogen) atoms. The molecule has 1 atom stereocenters. The van der Waals surface area contributed by atoms with Gasteiger partial charge in [0.1, 0.15) is 11.6 Å². The zero-order valence-corrected chi connectivity index (χ0v) is 16.5. The van der Waals surface area contributed by atoms with Crippen LogP contribution in [0.3, 0.4) is 0 Å². The lowest BCUT2D eigenvalue weighted by Crippen LogP contribution is -2.22. The number of thioether (sulfide) groups is 2. The van der Waals surface area contributed by atoms with Gasteiger partial charge in [-0.15, -0.1) is 11.8 Å². The monoisotopic (exact) mass is 427 g/mol. The largest absolute Gasteiger partial charge is 0.435 e. The minimum atomic E-state index is -2.93. The number of carbonyl (C=O) groups is 1. The van der Waals surface area contributed by atoms with E-state index in [-0.39, 0.29) is 29.0 Å². The third-order valence-corrected chi connectivity index (χ3v) is 7.12. The van der Waals surface area contributed by atoms with Crippen molar-refractivity contribution in [2.24, 2.45) is 0 Å². The number of nitrogens with zero attached hydrogens (tertiary/aromatic N) is 1. The number of hydrogen-bond donors (Lipinski definition) is 2. The summed E-state index contributed by atoms with van der Waals surface area (Å²) in [7, 11) is 0. The second-order valence-corrected chi connectivity index (χ2v) is 8.93. The van der Waals surface area contributed by atoms with Crippen molar-refractivity contribution in [1.29, 1.82) is 0 Å². The summed E-state index contributed by atoms with van der Waals surface area (Å²) in [5.74, 6) is 2.49. The number of carbonyl (C=O) groups excluding carboxylic acids is 1. The first-order valence-electron chi connectivity index (χ1n) is 8.91. The summed E-state index contributed by atoms with van der Waals surface area (Å²) in [5, 5.41) is 5.30. The molecular weight excluding hydrogens is 408 g/mol. The van der Waals surface area contributed by atoms with Crippen molar-refractivity contribution in [3.63, 3.8) is 0 Å². The van der Waals surface area contributed by atoms with Crippen molar-refractivity contribution in [2.75, 3.05) is 22.6 Å². The zero-order valence-electron chi connectivity index (χ0n) is 14.8. The van der Waals surface area contributed by atoms with Crippen molar-refractivity contribution in [3.05, 3.63) is 45.7 Å². The average Bonchev–Trinajstić information content (AvgIpc) is 2.88. The van der Waals surface area contributed by atoms with Crippen LogP contribution in [0.4, 0.5) is 14.6 Å². The van der Waals surface area contributed by atoms with E-state index in [1.807, 2.05) is 11.8 Å². The van der Waals surface area contributed by atoms with E-state index in [4.69, 9.17) is 0 Å². The van der Waals surface area contributed by atoms with Gasteiger partial charge in [0, 0.05) is 0 Å². The summed E-state index contributed by atoms with van der Waals surface area (Å²) < 4.78 is 31.4. The molecule has 0 bridgehead atoms. The Bertz CT molecular complexity index is 925. The van der Waals surface area contributed by atoms with Crippen molar-refractivity contribution in [2.45, 2.75) is 30.7 Å². The number of halogens is 2. The molecule has 0 spiro atoms. The molecule has 0 radical (unpaired) electrons. The van der Waals surface area contributed by atoms with Crippen LogP contribution in [0.25, 0.3) is 0 Å². The number of hydrogen-bond acceptors (Lipinski definition) is 5. The van der Waals surface area contributed by atoms with E-state index >= 15 is 0 Å². The quantitative estimate of drug-likeness (QED) is 0.780. The molecule has 0 unspecified atom stereocenters. The van der Waals surface area contributed by atoms with Gasteiger partial charge in [-0.2, -0.15) is 20.5 Å². The highest BCUT2D eigenvalue weighted by Crippen LogP contribution is 2.42. The van der Waals surface area contributed by atoms with Crippen LogP contribution < -0.4 is 15.6 Å². The number of anilines is 1. The number of nitrogens with one attached hydrogen (secondary N) is 2. The topological polar surface area (TPSA) is 76.1 Å². The number of amides is 1. The molecule has 0 aliphatic carbocycles. The number of benzene rings is 1. The maximum absolute atomic E-state index is 12.8. The number of fused-ring (bicyclic) bond motifs is 1. The Morgan fingerprint density at radius 1 is 1.21 bits per heavy atom. The second kappa shape index (κ2) is 8.20. The van der Waals surface area contributed by atoms with Gasteiger partial charge in [0.25, 0.3) is 5.56 Å². The van der Waals surface area contributed by atoms with E-state index in [0.717, 1.165) is 24.3 Å². The number of aromatic nitrogens is 2. The number of aromatic amines is 1. The summed E-state index contributed by atoms with van der Waals surface area (Å²) in [6.45, 7) is -2.93. The maximum atomic E-state index is 12.8. The predicted molar refractivity (Wildman–Crippen MR) is 107 cm³/mol. The Labute approximate surface area is 168 Å². The summed E-state index contributed by atoms with van der Waals surface area (Å²) in [6, 6.07) is 6.42. The van der Waals surface area contributed by atoms with E-state index in [1.165, 1.54) is 23.9 Å². The molecule has 4 rings (SSSR count). The van der Waals surface area contributed by atoms with E-state index in [2.05, 4.69) is 15.2 Å². The number of rotatable bonds is 4. The average molecular weight is 427 g/mol. The fraction of sp³-hybridized carbons (Fsp3) is 0.444. The summed E-state index contributed by atoms with van der Waals surface area (Å²) in [6.07, 6.45) is 1.82. The molecule has 0 saturated carbocycles. The SMILES string of the molecule is O=C1CS[C@@H](c2cccc(OC(F)F)c2)c2c(n(C3CCSCC3)[nH]c2=O)N1. The fourth-order valence-corrected chi connectivity index (χ4v) is 5.77. The first-order chi connectivity index (χ1) is 13.5. The molecule has 2 aliphatic heterocycles. The van der Waals surface area contributed by atoms with Crippen LogP contribution >= 0.6 is 23.5 Å². The van der Waals surface area contributed by atoms with Gasteiger partial charge < -0.3 is 10.1 Å². The molecule has 1 saturated heterocycles. The lowest BCUT2D eigenvalue weighted by Gasteiger charge is -2.24. The minimum Gasteiger partial charge on any atom is -0.435 e. The summed E-state index contributed by atoms with van der Waals surface area (Å²) in [4.78, 5) is 25.1. The van der Waals surface area contributed by atoms with Crippen LogP contribution in [0.5, 0.6) is 5.75 Å². The van der Waals surface area contributed by atoms with Crippen LogP contribution in [-0.4, -0.2) is 39.6 Å². The molecular formula is C18H19F2N3O3S2. The molecule has 6 nitrogen and oxygen atoms in total. The van der Waals surface area contributed by atoms with Gasteiger partial charge >= 0.3 is 6.61 Å².